The smallest absolute Gasteiger partial charge is 0.237 e. The van der Waals surface area contributed by atoms with Gasteiger partial charge in [-0.25, -0.2) is 0 Å². The fourth-order valence-corrected chi connectivity index (χ4v) is 3.32. The zero-order valence-electron chi connectivity index (χ0n) is 14.8. The van der Waals surface area contributed by atoms with Gasteiger partial charge in [-0.15, -0.1) is 0 Å². The van der Waals surface area contributed by atoms with Crippen molar-refractivity contribution in [3.05, 3.63) is 65.9 Å². The maximum absolute atomic E-state index is 12.4. The number of hydrogen-bond acceptors (Lipinski definition) is 4. The van der Waals surface area contributed by atoms with E-state index in [1.807, 2.05) is 50.5 Å². The summed E-state index contributed by atoms with van der Waals surface area (Å²) in [6.45, 7) is 0.890. The lowest BCUT2D eigenvalue weighted by molar-refractivity contribution is -0.115. The second kappa shape index (κ2) is 6.69. The summed E-state index contributed by atoms with van der Waals surface area (Å²) in [5.74, 6) is -0.455. The summed E-state index contributed by atoms with van der Waals surface area (Å²) < 4.78 is 0. The summed E-state index contributed by atoms with van der Waals surface area (Å²) in [6.07, 6.45) is 3.49. The van der Waals surface area contributed by atoms with Gasteiger partial charge in [-0.3, -0.25) is 14.8 Å². The van der Waals surface area contributed by atoms with E-state index in [4.69, 9.17) is 0 Å². The molecule has 1 N–H and O–H groups in total. The van der Waals surface area contributed by atoms with Crippen molar-refractivity contribution < 1.29 is 4.79 Å². The number of amides is 1. The molecule has 5 nitrogen and oxygen atoms in total. The Morgan fingerprint density at radius 2 is 1.96 bits per heavy atom. The van der Waals surface area contributed by atoms with Crippen molar-refractivity contribution in [2.45, 2.75) is 12.5 Å². The van der Waals surface area contributed by atoms with E-state index in [0.717, 1.165) is 34.4 Å². The van der Waals surface area contributed by atoms with Crippen LogP contribution in [-0.2, 0) is 11.3 Å². The molecule has 130 valence electrons. The number of anilines is 1. The van der Waals surface area contributed by atoms with Crippen LogP contribution in [0.1, 0.15) is 17.0 Å². The maximum Gasteiger partial charge on any atom is 0.237 e. The number of hydrogen-bond donors (Lipinski definition) is 1. The molecular weight excluding hydrogens is 324 g/mol. The monoisotopic (exact) mass is 344 g/mol. The van der Waals surface area contributed by atoms with Crippen LogP contribution in [0.2, 0.25) is 0 Å². The number of fused-ring (bicyclic) bond motifs is 3. The molecule has 0 saturated heterocycles. The summed E-state index contributed by atoms with van der Waals surface area (Å²) in [5.41, 5.74) is 4.75. The van der Waals surface area contributed by atoms with Crippen LogP contribution in [0, 0.1) is 0 Å². The minimum Gasteiger partial charge on any atom is -0.325 e. The molecule has 0 spiro atoms. The lowest BCUT2D eigenvalue weighted by Crippen LogP contribution is -2.13. The molecule has 1 aromatic heterocycles. The van der Waals surface area contributed by atoms with Crippen LogP contribution in [-0.4, -0.2) is 36.1 Å². The fraction of sp³-hybridized carbons (Fsp3) is 0.190. The highest BCUT2D eigenvalue weighted by Gasteiger charge is 2.31. The number of aliphatic imine (C=N–C) groups is 1. The molecule has 0 fully saturated rings. The number of nitrogens with zero attached hydrogens (tertiary/aromatic N) is 3. The molecule has 0 bridgehead atoms. The van der Waals surface area contributed by atoms with E-state index in [9.17, 15) is 4.79 Å². The SMILES string of the molecule is CN(C)Cc1ccc(N=CC2C(=O)Nc3ccc4ncccc4c32)cc1. The predicted octanol–water partition coefficient (Wildman–Crippen LogP) is 3.73. The molecule has 1 atom stereocenters. The average Bonchev–Trinajstić information content (AvgIpc) is 2.96. The summed E-state index contributed by atoms with van der Waals surface area (Å²) in [6, 6.07) is 15.8. The van der Waals surface area contributed by atoms with E-state index in [-0.39, 0.29) is 5.91 Å². The molecule has 1 aliphatic rings. The number of carbonyl (C=O) groups is 1. The van der Waals surface area contributed by atoms with Crippen molar-refractivity contribution >= 4 is 34.4 Å². The number of pyridine rings is 1. The third-order valence-electron chi connectivity index (χ3n) is 4.49. The van der Waals surface area contributed by atoms with Crippen LogP contribution in [0.4, 0.5) is 11.4 Å². The number of benzene rings is 2. The second-order valence-electron chi connectivity index (χ2n) is 6.75. The zero-order chi connectivity index (χ0) is 18.1. The van der Waals surface area contributed by atoms with Gasteiger partial charge in [-0.1, -0.05) is 18.2 Å². The van der Waals surface area contributed by atoms with Crippen LogP contribution in [0.3, 0.4) is 0 Å². The van der Waals surface area contributed by atoms with E-state index < -0.39 is 5.92 Å². The van der Waals surface area contributed by atoms with Crippen molar-refractivity contribution in [3.8, 4) is 0 Å². The molecule has 1 amide bonds. The summed E-state index contributed by atoms with van der Waals surface area (Å²) in [5, 5.41) is 3.93. The first-order chi connectivity index (χ1) is 12.6. The molecular formula is C21H20N4O. The van der Waals surface area contributed by atoms with Crippen molar-refractivity contribution in [3.63, 3.8) is 0 Å². The molecule has 26 heavy (non-hydrogen) atoms. The van der Waals surface area contributed by atoms with Gasteiger partial charge in [-0.2, -0.15) is 0 Å². The first-order valence-corrected chi connectivity index (χ1v) is 8.58. The Morgan fingerprint density at radius 3 is 2.73 bits per heavy atom. The van der Waals surface area contributed by atoms with Crippen molar-refractivity contribution in [2.75, 3.05) is 19.4 Å². The van der Waals surface area contributed by atoms with Crippen LogP contribution >= 0.6 is 0 Å². The van der Waals surface area contributed by atoms with Crippen LogP contribution in [0.15, 0.2) is 59.7 Å². The van der Waals surface area contributed by atoms with Gasteiger partial charge in [0.05, 0.1) is 11.2 Å². The zero-order valence-corrected chi connectivity index (χ0v) is 14.8. The Labute approximate surface area is 152 Å². The summed E-state index contributed by atoms with van der Waals surface area (Å²) >= 11 is 0. The van der Waals surface area contributed by atoms with Gasteiger partial charge >= 0.3 is 0 Å². The van der Waals surface area contributed by atoms with Gasteiger partial charge < -0.3 is 10.2 Å². The fourth-order valence-electron chi connectivity index (χ4n) is 3.32. The first-order valence-electron chi connectivity index (χ1n) is 8.58. The minimum atomic E-state index is -0.403. The summed E-state index contributed by atoms with van der Waals surface area (Å²) in [7, 11) is 4.09. The van der Waals surface area contributed by atoms with Crippen LogP contribution < -0.4 is 5.32 Å². The van der Waals surface area contributed by atoms with Crippen molar-refractivity contribution in [1.29, 1.82) is 0 Å². The van der Waals surface area contributed by atoms with E-state index in [1.54, 1.807) is 12.4 Å². The molecule has 2 heterocycles. The van der Waals surface area contributed by atoms with E-state index in [1.165, 1.54) is 5.56 Å². The topological polar surface area (TPSA) is 57.6 Å². The maximum atomic E-state index is 12.4. The minimum absolute atomic E-state index is 0.0515. The van der Waals surface area contributed by atoms with Crippen LogP contribution in [0.5, 0.6) is 0 Å². The Kier molecular flexibility index (Phi) is 4.22. The Balaban J connectivity index is 1.64. The Morgan fingerprint density at radius 1 is 1.15 bits per heavy atom. The van der Waals surface area contributed by atoms with Gasteiger partial charge in [-0.05, 0) is 50.0 Å². The molecule has 0 saturated carbocycles. The third kappa shape index (κ3) is 3.09. The lowest BCUT2D eigenvalue weighted by Gasteiger charge is -2.09. The van der Waals surface area contributed by atoms with Gasteiger partial charge in [0.2, 0.25) is 5.91 Å². The summed E-state index contributed by atoms with van der Waals surface area (Å²) in [4.78, 5) is 23.5. The molecule has 2 aromatic carbocycles. The van der Waals surface area contributed by atoms with E-state index in [2.05, 4.69) is 32.3 Å². The standard InChI is InChI=1S/C21H20N4O/c1-25(2)13-14-5-7-15(8-6-14)23-12-17-20-16-4-3-11-22-18(16)9-10-19(20)24-21(17)26/h3-12,17H,13H2,1-2H3,(H,24,26). The number of rotatable bonds is 4. The molecule has 1 unspecified atom stereocenters. The van der Waals surface area contributed by atoms with E-state index >= 15 is 0 Å². The number of nitrogens with one attached hydrogen (secondary N) is 1. The second-order valence-corrected chi connectivity index (χ2v) is 6.75. The largest absolute Gasteiger partial charge is 0.325 e. The van der Waals surface area contributed by atoms with Gasteiger partial charge in [0.15, 0.2) is 0 Å². The van der Waals surface area contributed by atoms with Crippen molar-refractivity contribution in [1.82, 2.24) is 9.88 Å². The van der Waals surface area contributed by atoms with E-state index in [0.29, 0.717) is 0 Å². The average molecular weight is 344 g/mol. The molecule has 1 aliphatic heterocycles. The predicted molar refractivity (Wildman–Crippen MR) is 105 cm³/mol. The molecule has 5 heteroatoms. The molecule has 3 aromatic rings. The highest BCUT2D eigenvalue weighted by atomic mass is 16.2. The lowest BCUT2D eigenvalue weighted by atomic mass is 9.97. The third-order valence-corrected chi connectivity index (χ3v) is 4.49. The molecule has 0 aliphatic carbocycles. The van der Waals surface area contributed by atoms with Crippen LogP contribution in [0.25, 0.3) is 10.9 Å². The highest BCUT2D eigenvalue weighted by Crippen LogP contribution is 2.37. The quantitative estimate of drug-likeness (QED) is 0.734. The van der Waals surface area contributed by atoms with Gasteiger partial charge in [0.1, 0.15) is 5.92 Å². The highest BCUT2D eigenvalue weighted by molar-refractivity contribution is 6.16. The molecule has 4 rings (SSSR count). The normalized spacial score (nSPS) is 16.4. The Hall–Kier alpha value is -3.05. The van der Waals surface area contributed by atoms with Gasteiger partial charge in [0, 0.05) is 35.6 Å². The Bertz CT molecular complexity index is 993. The van der Waals surface area contributed by atoms with Crippen molar-refractivity contribution in [2.24, 2.45) is 4.99 Å². The first kappa shape index (κ1) is 16.4. The number of carbonyl (C=O) groups excluding carboxylic acids is 1. The molecule has 0 radical (unpaired) electrons. The number of aromatic nitrogens is 1. The van der Waals surface area contributed by atoms with Gasteiger partial charge in [0.25, 0.3) is 0 Å².